The van der Waals surface area contributed by atoms with Crippen LogP contribution < -0.4 is 5.32 Å². The van der Waals surface area contributed by atoms with Gasteiger partial charge in [-0.25, -0.2) is 4.98 Å². The lowest BCUT2D eigenvalue weighted by Crippen LogP contribution is -2.34. The molecule has 1 saturated carbocycles. The summed E-state index contributed by atoms with van der Waals surface area (Å²) in [5, 5.41) is 6.96. The summed E-state index contributed by atoms with van der Waals surface area (Å²) >= 11 is 1.74. The van der Waals surface area contributed by atoms with Crippen molar-refractivity contribution in [2.24, 2.45) is 5.92 Å². The molecule has 1 atom stereocenters. The van der Waals surface area contributed by atoms with Crippen LogP contribution in [0.5, 0.6) is 0 Å². The highest BCUT2D eigenvalue weighted by Gasteiger charge is 2.19. The molecule has 90 valence electrons. The molecule has 2 nitrogen and oxygen atoms in total. The molecule has 0 amide bonds. The SMILES string of the molecule is Cc1nc(CN[C@H](C)C2CCCCC2)cs1. The van der Waals surface area contributed by atoms with E-state index in [4.69, 9.17) is 0 Å². The quantitative estimate of drug-likeness (QED) is 0.868. The minimum absolute atomic E-state index is 0.641. The molecule has 1 aliphatic carbocycles. The predicted molar refractivity (Wildman–Crippen MR) is 69.7 cm³/mol. The third kappa shape index (κ3) is 3.29. The van der Waals surface area contributed by atoms with Crippen molar-refractivity contribution in [3.05, 3.63) is 16.1 Å². The average Bonchev–Trinajstić information content (AvgIpc) is 2.73. The summed E-state index contributed by atoms with van der Waals surface area (Å²) in [4.78, 5) is 4.48. The van der Waals surface area contributed by atoms with Gasteiger partial charge in [-0.1, -0.05) is 19.3 Å². The molecule has 1 heterocycles. The molecule has 2 rings (SSSR count). The van der Waals surface area contributed by atoms with Crippen LogP contribution in [0.15, 0.2) is 5.38 Å². The normalized spacial score (nSPS) is 19.9. The second kappa shape index (κ2) is 5.78. The number of rotatable bonds is 4. The largest absolute Gasteiger partial charge is 0.308 e. The molecule has 0 aliphatic heterocycles. The fourth-order valence-corrected chi connectivity index (χ4v) is 3.17. The van der Waals surface area contributed by atoms with Crippen molar-refractivity contribution in [1.29, 1.82) is 0 Å². The Morgan fingerprint density at radius 2 is 2.19 bits per heavy atom. The van der Waals surface area contributed by atoms with Crippen molar-refractivity contribution in [3.63, 3.8) is 0 Å². The van der Waals surface area contributed by atoms with E-state index in [1.165, 1.54) is 42.8 Å². The van der Waals surface area contributed by atoms with Gasteiger partial charge in [-0.3, -0.25) is 0 Å². The van der Waals surface area contributed by atoms with Crippen molar-refractivity contribution in [2.45, 2.75) is 58.5 Å². The average molecular weight is 238 g/mol. The maximum atomic E-state index is 4.48. The molecular formula is C13H22N2S. The third-order valence-electron chi connectivity index (χ3n) is 3.63. The molecule has 1 N–H and O–H groups in total. The maximum absolute atomic E-state index is 4.48. The predicted octanol–water partition coefficient (Wildman–Crippen LogP) is 3.51. The zero-order valence-electron chi connectivity index (χ0n) is 10.3. The Kier molecular flexibility index (Phi) is 4.36. The first kappa shape index (κ1) is 12.1. The summed E-state index contributed by atoms with van der Waals surface area (Å²) in [7, 11) is 0. The highest BCUT2D eigenvalue weighted by Crippen LogP contribution is 2.26. The number of hydrogen-bond acceptors (Lipinski definition) is 3. The van der Waals surface area contributed by atoms with E-state index in [1.807, 2.05) is 0 Å². The first-order valence-corrected chi connectivity index (χ1v) is 7.28. The van der Waals surface area contributed by atoms with Gasteiger partial charge in [0.25, 0.3) is 0 Å². The number of hydrogen-bond donors (Lipinski definition) is 1. The molecule has 3 heteroatoms. The van der Waals surface area contributed by atoms with Gasteiger partial charge in [-0.15, -0.1) is 11.3 Å². The lowest BCUT2D eigenvalue weighted by Gasteiger charge is -2.28. The van der Waals surface area contributed by atoms with Crippen LogP contribution in [0, 0.1) is 12.8 Å². The fourth-order valence-electron chi connectivity index (χ4n) is 2.56. The van der Waals surface area contributed by atoms with Crippen molar-refractivity contribution < 1.29 is 0 Å². The minimum Gasteiger partial charge on any atom is -0.308 e. The second-order valence-corrected chi connectivity index (χ2v) is 5.99. The Hall–Kier alpha value is -0.410. The summed E-state index contributed by atoms with van der Waals surface area (Å²) in [5.74, 6) is 0.883. The Labute approximate surface area is 102 Å². The molecular weight excluding hydrogens is 216 g/mol. The van der Waals surface area contributed by atoms with Gasteiger partial charge in [0.1, 0.15) is 0 Å². The van der Waals surface area contributed by atoms with E-state index in [0.29, 0.717) is 6.04 Å². The van der Waals surface area contributed by atoms with Crippen LogP contribution in [-0.4, -0.2) is 11.0 Å². The van der Waals surface area contributed by atoms with Crippen LogP contribution in [0.3, 0.4) is 0 Å². The van der Waals surface area contributed by atoms with Crippen LogP contribution >= 0.6 is 11.3 Å². The second-order valence-electron chi connectivity index (χ2n) is 4.93. The number of nitrogens with zero attached hydrogens (tertiary/aromatic N) is 1. The van der Waals surface area contributed by atoms with Crippen LogP contribution in [0.1, 0.15) is 49.7 Å². The molecule has 0 unspecified atom stereocenters. The number of thiazole rings is 1. The van der Waals surface area contributed by atoms with Crippen LogP contribution in [0.2, 0.25) is 0 Å². The molecule has 0 bridgehead atoms. The number of aromatic nitrogens is 1. The Balaban J connectivity index is 1.76. The number of aryl methyl sites for hydroxylation is 1. The summed E-state index contributed by atoms with van der Waals surface area (Å²) in [6, 6.07) is 0.641. The Morgan fingerprint density at radius 3 is 2.81 bits per heavy atom. The summed E-state index contributed by atoms with van der Waals surface area (Å²) in [6.07, 6.45) is 7.10. The van der Waals surface area contributed by atoms with Gasteiger partial charge in [0.2, 0.25) is 0 Å². The molecule has 1 aromatic heterocycles. The molecule has 1 aliphatic rings. The smallest absolute Gasteiger partial charge is 0.0897 e. The van der Waals surface area contributed by atoms with E-state index < -0.39 is 0 Å². The first-order valence-electron chi connectivity index (χ1n) is 6.40. The van der Waals surface area contributed by atoms with E-state index in [2.05, 4.69) is 29.5 Å². The van der Waals surface area contributed by atoms with E-state index in [-0.39, 0.29) is 0 Å². The van der Waals surface area contributed by atoms with Gasteiger partial charge in [0.15, 0.2) is 0 Å². The molecule has 0 saturated heterocycles. The van der Waals surface area contributed by atoms with E-state index in [0.717, 1.165) is 12.5 Å². The lowest BCUT2D eigenvalue weighted by molar-refractivity contribution is 0.280. The van der Waals surface area contributed by atoms with Gasteiger partial charge in [0.05, 0.1) is 10.7 Å². The molecule has 0 aromatic carbocycles. The van der Waals surface area contributed by atoms with E-state index in [1.54, 1.807) is 11.3 Å². The van der Waals surface area contributed by atoms with Crippen LogP contribution in [-0.2, 0) is 6.54 Å². The zero-order chi connectivity index (χ0) is 11.4. The summed E-state index contributed by atoms with van der Waals surface area (Å²) in [5.41, 5.74) is 1.20. The molecule has 16 heavy (non-hydrogen) atoms. The van der Waals surface area contributed by atoms with Crippen LogP contribution in [0.25, 0.3) is 0 Å². The third-order valence-corrected chi connectivity index (χ3v) is 4.45. The molecule has 0 spiro atoms. The Morgan fingerprint density at radius 1 is 1.44 bits per heavy atom. The van der Waals surface area contributed by atoms with Crippen molar-refractivity contribution in [2.75, 3.05) is 0 Å². The Bertz CT molecular complexity index is 315. The highest BCUT2D eigenvalue weighted by atomic mass is 32.1. The molecule has 0 radical (unpaired) electrons. The fraction of sp³-hybridized carbons (Fsp3) is 0.769. The van der Waals surface area contributed by atoms with Gasteiger partial charge in [0, 0.05) is 18.0 Å². The number of nitrogens with one attached hydrogen (secondary N) is 1. The van der Waals surface area contributed by atoms with Gasteiger partial charge < -0.3 is 5.32 Å². The van der Waals surface area contributed by atoms with Crippen molar-refractivity contribution in [1.82, 2.24) is 10.3 Å². The van der Waals surface area contributed by atoms with E-state index >= 15 is 0 Å². The lowest BCUT2D eigenvalue weighted by atomic mass is 9.84. The van der Waals surface area contributed by atoms with Gasteiger partial charge in [-0.05, 0) is 32.6 Å². The molecule has 1 aromatic rings. The highest BCUT2D eigenvalue weighted by molar-refractivity contribution is 7.09. The first-order chi connectivity index (χ1) is 7.75. The summed E-state index contributed by atoms with van der Waals surface area (Å²) < 4.78 is 0. The minimum atomic E-state index is 0.641. The van der Waals surface area contributed by atoms with E-state index in [9.17, 15) is 0 Å². The van der Waals surface area contributed by atoms with Crippen molar-refractivity contribution >= 4 is 11.3 Å². The van der Waals surface area contributed by atoms with Gasteiger partial charge in [-0.2, -0.15) is 0 Å². The van der Waals surface area contributed by atoms with Gasteiger partial charge >= 0.3 is 0 Å². The summed E-state index contributed by atoms with van der Waals surface area (Å²) in [6.45, 7) is 5.33. The van der Waals surface area contributed by atoms with Crippen molar-refractivity contribution in [3.8, 4) is 0 Å². The monoisotopic (exact) mass is 238 g/mol. The zero-order valence-corrected chi connectivity index (χ0v) is 11.1. The van der Waals surface area contributed by atoms with Crippen LogP contribution in [0.4, 0.5) is 0 Å². The maximum Gasteiger partial charge on any atom is 0.0897 e. The standard InChI is InChI=1S/C13H22N2S/c1-10(12-6-4-3-5-7-12)14-8-13-9-16-11(2)15-13/h9-10,12,14H,3-8H2,1-2H3/t10-/m1/s1. The molecule has 1 fully saturated rings. The topological polar surface area (TPSA) is 24.9 Å².